The number of fused-ring (bicyclic) bond motifs is 2. The Morgan fingerprint density at radius 1 is 1.19 bits per heavy atom. The number of carbonyl (C=O) groups excluding carboxylic acids is 2. The van der Waals surface area contributed by atoms with Crippen LogP contribution in [0.2, 0.25) is 0 Å². The van der Waals surface area contributed by atoms with Crippen LogP contribution in [0.4, 0.5) is 0 Å². The third kappa shape index (κ3) is 2.86. The van der Waals surface area contributed by atoms with Crippen molar-refractivity contribution in [1.29, 1.82) is 0 Å². The SMILES string of the molecule is CC1(C)C2CCC1(CS(=O)(=O)N1CCCC1C(=O)N1CCOCC1)C(=O)C2. The Labute approximate surface area is 161 Å². The number of hydrogen-bond donors (Lipinski definition) is 0. The lowest BCUT2D eigenvalue weighted by molar-refractivity contribution is -0.138. The number of ketones is 1. The van der Waals surface area contributed by atoms with Crippen molar-refractivity contribution < 1.29 is 22.7 Å². The second-order valence-electron chi connectivity index (χ2n) is 9.13. The maximum atomic E-state index is 13.4. The van der Waals surface area contributed by atoms with Crippen LogP contribution in [0.15, 0.2) is 0 Å². The minimum Gasteiger partial charge on any atom is -0.378 e. The molecular weight excluding hydrogens is 368 g/mol. The fourth-order valence-corrected chi connectivity index (χ4v) is 8.27. The quantitative estimate of drug-likeness (QED) is 0.706. The zero-order valence-corrected chi connectivity index (χ0v) is 17.1. The van der Waals surface area contributed by atoms with Gasteiger partial charge in [0.05, 0.1) is 19.0 Å². The number of ether oxygens (including phenoxy) is 1. The summed E-state index contributed by atoms with van der Waals surface area (Å²) in [5, 5.41) is 0. The minimum atomic E-state index is -3.69. The summed E-state index contributed by atoms with van der Waals surface area (Å²) in [6.07, 6.45) is 3.32. The van der Waals surface area contributed by atoms with Crippen LogP contribution in [-0.2, 0) is 24.3 Å². The molecule has 2 saturated carbocycles. The Kier molecular flexibility index (Phi) is 4.67. The molecule has 3 atom stereocenters. The fraction of sp³-hybridized carbons (Fsp3) is 0.895. The zero-order chi connectivity index (χ0) is 19.4. The molecule has 7 nitrogen and oxygen atoms in total. The molecule has 4 fully saturated rings. The van der Waals surface area contributed by atoms with Gasteiger partial charge in [-0.1, -0.05) is 13.8 Å². The molecule has 4 rings (SSSR count). The summed E-state index contributed by atoms with van der Waals surface area (Å²) in [7, 11) is -3.69. The highest BCUT2D eigenvalue weighted by Gasteiger charge is 2.66. The van der Waals surface area contributed by atoms with E-state index in [1.165, 1.54) is 4.31 Å². The van der Waals surface area contributed by atoms with Crippen LogP contribution < -0.4 is 0 Å². The predicted molar refractivity (Wildman–Crippen MR) is 99.5 cm³/mol. The van der Waals surface area contributed by atoms with Gasteiger partial charge in [0.1, 0.15) is 11.8 Å². The molecule has 1 amide bonds. The largest absolute Gasteiger partial charge is 0.378 e. The van der Waals surface area contributed by atoms with E-state index in [-0.39, 0.29) is 28.8 Å². The molecule has 0 spiro atoms. The van der Waals surface area contributed by atoms with Crippen LogP contribution >= 0.6 is 0 Å². The lowest BCUT2D eigenvalue weighted by Crippen LogP contribution is -2.53. The highest BCUT2D eigenvalue weighted by Crippen LogP contribution is 2.64. The summed E-state index contributed by atoms with van der Waals surface area (Å²) in [5.74, 6) is 0.125. The molecule has 0 aromatic carbocycles. The minimum absolute atomic E-state index is 0.0996. The summed E-state index contributed by atoms with van der Waals surface area (Å²) >= 11 is 0. The van der Waals surface area contributed by atoms with Crippen molar-refractivity contribution in [2.45, 2.75) is 52.0 Å². The van der Waals surface area contributed by atoms with Gasteiger partial charge in [0.15, 0.2) is 0 Å². The monoisotopic (exact) mass is 398 g/mol. The first-order chi connectivity index (χ1) is 12.7. The number of hydrogen-bond acceptors (Lipinski definition) is 5. The van der Waals surface area contributed by atoms with Crippen molar-refractivity contribution in [2.24, 2.45) is 16.7 Å². The average Bonchev–Trinajstić information content (AvgIpc) is 3.26. The van der Waals surface area contributed by atoms with E-state index in [1.807, 2.05) is 13.8 Å². The summed E-state index contributed by atoms with van der Waals surface area (Å²) in [5.41, 5.74) is -1.08. The Hall–Kier alpha value is -0.990. The van der Waals surface area contributed by atoms with Crippen LogP contribution in [0, 0.1) is 16.7 Å². The maximum Gasteiger partial charge on any atom is 0.241 e. The van der Waals surface area contributed by atoms with E-state index >= 15 is 0 Å². The van der Waals surface area contributed by atoms with Crippen LogP contribution in [-0.4, -0.2) is 74.0 Å². The van der Waals surface area contributed by atoms with E-state index in [0.717, 1.165) is 6.42 Å². The Morgan fingerprint density at radius 2 is 1.89 bits per heavy atom. The molecule has 2 aliphatic heterocycles. The number of rotatable bonds is 4. The highest BCUT2D eigenvalue weighted by molar-refractivity contribution is 7.89. The molecule has 2 saturated heterocycles. The first-order valence-corrected chi connectivity index (χ1v) is 11.7. The van der Waals surface area contributed by atoms with Gasteiger partial charge < -0.3 is 9.64 Å². The highest BCUT2D eigenvalue weighted by atomic mass is 32.2. The standard InChI is InChI=1S/C19H30N2O5S/c1-18(2)14-5-6-19(18,16(22)12-14)13-27(24,25)21-7-3-4-15(21)17(23)20-8-10-26-11-9-20/h14-15H,3-13H2,1-2H3. The van der Waals surface area contributed by atoms with Crippen LogP contribution in [0.3, 0.4) is 0 Å². The molecule has 2 aliphatic carbocycles. The molecule has 0 aromatic rings. The number of Topliss-reactive ketones (excluding diaryl/α,β-unsaturated/α-hetero) is 1. The zero-order valence-electron chi connectivity index (χ0n) is 16.3. The van der Waals surface area contributed by atoms with Crippen molar-refractivity contribution in [2.75, 3.05) is 38.6 Å². The first kappa shape index (κ1) is 19.3. The van der Waals surface area contributed by atoms with Gasteiger partial charge in [0, 0.05) is 31.5 Å². The van der Waals surface area contributed by atoms with Gasteiger partial charge in [0.2, 0.25) is 15.9 Å². The summed E-state index contributed by atoms with van der Waals surface area (Å²) in [6.45, 7) is 6.49. The first-order valence-electron chi connectivity index (χ1n) is 10.1. The van der Waals surface area contributed by atoms with E-state index < -0.39 is 21.5 Å². The predicted octanol–water partition coefficient (Wildman–Crippen LogP) is 1.03. The van der Waals surface area contributed by atoms with Gasteiger partial charge >= 0.3 is 0 Å². The molecule has 0 radical (unpaired) electrons. The van der Waals surface area contributed by atoms with E-state index in [2.05, 4.69) is 0 Å². The normalized spacial score (nSPS) is 36.5. The fourth-order valence-electron chi connectivity index (χ4n) is 5.82. The number of morpholine rings is 1. The molecule has 27 heavy (non-hydrogen) atoms. The van der Waals surface area contributed by atoms with Gasteiger partial charge in [-0.15, -0.1) is 0 Å². The van der Waals surface area contributed by atoms with Crippen molar-refractivity contribution in [1.82, 2.24) is 9.21 Å². The summed E-state index contributed by atoms with van der Waals surface area (Å²) in [6, 6.07) is -0.624. The third-order valence-corrected chi connectivity index (χ3v) is 9.75. The molecule has 2 heterocycles. The van der Waals surface area contributed by atoms with Gasteiger partial charge in [-0.25, -0.2) is 8.42 Å². The van der Waals surface area contributed by atoms with Crippen molar-refractivity contribution in [3.05, 3.63) is 0 Å². The van der Waals surface area contributed by atoms with Crippen LogP contribution in [0.5, 0.6) is 0 Å². The summed E-state index contributed by atoms with van der Waals surface area (Å²) < 4.78 is 33.5. The molecular formula is C19H30N2O5S. The molecule has 152 valence electrons. The van der Waals surface area contributed by atoms with Crippen LogP contribution in [0.25, 0.3) is 0 Å². The van der Waals surface area contributed by atoms with E-state index in [4.69, 9.17) is 4.74 Å². The average molecular weight is 399 g/mol. The van der Waals surface area contributed by atoms with E-state index in [9.17, 15) is 18.0 Å². The maximum absolute atomic E-state index is 13.4. The smallest absolute Gasteiger partial charge is 0.241 e. The molecule has 0 N–H and O–H groups in total. The number of nitrogens with zero attached hydrogens (tertiary/aromatic N) is 2. The molecule has 0 aromatic heterocycles. The molecule has 3 unspecified atom stereocenters. The van der Waals surface area contributed by atoms with Gasteiger partial charge in [-0.2, -0.15) is 4.31 Å². The Bertz CT molecular complexity index is 743. The Morgan fingerprint density at radius 3 is 2.48 bits per heavy atom. The lowest BCUT2D eigenvalue weighted by atomic mass is 9.70. The van der Waals surface area contributed by atoms with Gasteiger partial charge in [0.25, 0.3) is 0 Å². The molecule has 8 heteroatoms. The topological polar surface area (TPSA) is 84.0 Å². The van der Waals surface area contributed by atoms with Crippen molar-refractivity contribution in [3.63, 3.8) is 0 Å². The number of sulfonamides is 1. The molecule has 4 aliphatic rings. The van der Waals surface area contributed by atoms with Crippen molar-refractivity contribution in [3.8, 4) is 0 Å². The summed E-state index contributed by atoms with van der Waals surface area (Å²) in [4.78, 5) is 27.4. The van der Waals surface area contributed by atoms with Gasteiger partial charge in [-0.3, -0.25) is 9.59 Å². The van der Waals surface area contributed by atoms with Crippen molar-refractivity contribution >= 4 is 21.7 Å². The second kappa shape index (κ2) is 6.52. The number of amides is 1. The van der Waals surface area contributed by atoms with Crippen LogP contribution in [0.1, 0.15) is 46.0 Å². The third-order valence-electron chi connectivity index (χ3n) is 7.74. The lowest BCUT2D eigenvalue weighted by Gasteiger charge is -2.38. The molecule has 2 bridgehead atoms. The van der Waals surface area contributed by atoms with E-state index in [0.29, 0.717) is 58.5 Å². The Balaban J connectivity index is 1.56. The second-order valence-corrected chi connectivity index (χ2v) is 11.1. The number of carbonyl (C=O) groups is 2. The van der Waals surface area contributed by atoms with E-state index in [1.54, 1.807) is 4.90 Å². The van der Waals surface area contributed by atoms with Gasteiger partial charge in [-0.05, 0) is 37.0 Å².